The van der Waals surface area contributed by atoms with E-state index in [1.54, 1.807) is 0 Å². The van der Waals surface area contributed by atoms with E-state index in [2.05, 4.69) is 20.3 Å². The quantitative estimate of drug-likeness (QED) is 0.554. The summed E-state index contributed by atoms with van der Waals surface area (Å²) in [4.78, 5) is 36.4. The minimum Gasteiger partial charge on any atom is -0.387 e. The molecule has 0 saturated carbocycles. The number of nitrogen functional groups attached to an aromatic ring is 1. The van der Waals surface area contributed by atoms with Crippen LogP contribution >= 0.6 is 0 Å². The molecule has 0 aromatic carbocycles. The molecule has 11 nitrogen and oxygen atoms in total. The predicted molar refractivity (Wildman–Crippen MR) is 84.2 cm³/mol. The molecule has 2 amide bonds. The molecule has 2 bridgehead atoms. The van der Waals surface area contributed by atoms with Crippen molar-refractivity contribution in [2.75, 3.05) is 19.3 Å². The number of imidazole rings is 1. The molecule has 2 fully saturated rings. The molecular formula is C14H14F3N7O4. The van der Waals surface area contributed by atoms with Crippen molar-refractivity contribution in [2.24, 2.45) is 0 Å². The van der Waals surface area contributed by atoms with E-state index in [0.29, 0.717) is 4.90 Å². The van der Waals surface area contributed by atoms with E-state index in [-0.39, 0.29) is 17.0 Å². The van der Waals surface area contributed by atoms with Gasteiger partial charge in [0.2, 0.25) is 0 Å². The lowest BCUT2D eigenvalue weighted by Crippen LogP contribution is -2.57. The summed E-state index contributed by atoms with van der Waals surface area (Å²) < 4.78 is 46.1. The number of nitrogens with zero attached hydrogens (tertiary/aromatic N) is 5. The number of amides is 2. The van der Waals surface area contributed by atoms with Gasteiger partial charge < -0.3 is 25.8 Å². The monoisotopic (exact) mass is 401 g/mol. The van der Waals surface area contributed by atoms with Gasteiger partial charge >= 0.3 is 12.1 Å². The van der Waals surface area contributed by atoms with Gasteiger partial charge in [0.05, 0.1) is 12.9 Å². The van der Waals surface area contributed by atoms with Crippen molar-refractivity contribution in [3.63, 3.8) is 0 Å². The van der Waals surface area contributed by atoms with Gasteiger partial charge in [-0.15, -0.1) is 0 Å². The number of rotatable bonds is 2. The Kier molecular flexibility index (Phi) is 3.77. The summed E-state index contributed by atoms with van der Waals surface area (Å²) in [7, 11) is 1.24. The number of ether oxygens (including phenoxy) is 1. The van der Waals surface area contributed by atoms with Crippen LogP contribution in [0.5, 0.6) is 0 Å². The number of likely N-dealkylation sites (N-methyl/N-ethyl adjacent to an activating group) is 1. The number of fused-ring (bicyclic) bond motifs is 3. The summed E-state index contributed by atoms with van der Waals surface area (Å²) in [6.45, 7) is -0.753. The second kappa shape index (κ2) is 5.75. The highest BCUT2D eigenvalue weighted by molar-refractivity contribution is 5.91. The van der Waals surface area contributed by atoms with Crippen LogP contribution in [0.4, 0.5) is 19.0 Å². The molecule has 150 valence electrons. The van der Waals surface area contributed by atoms with Crippen LogP contribution in [-0.2, 0) is 14.3 Å². The number of nitrogens with two attached hydrogens (primary N) is 1. The Hall–Kier alpha value is -3.00. The van der Waals surface area contributed by atoms with Crippen molar-refractivity contribution in [1.82, 2.24) is 29.7 Å². The van der Waals surface area contributed by atoms with Gasteiger partial charge in [0.25, 0.3) is 5.91 Å². The molecule has 2 aromatic heterocycles. The summed E-state index contributed by atoms with van der Waals surface area (Å²) in [5, 5.41) is 12.9. The van der Waals surface area contributed by atoms with Crippen LogP contribution in [0.25, 0.3) is 11.2 Å². The Bertz CT molecular complexity index is 979. The van der Waals surface area contributed by atoms with Crippen molar-refractivity contribution in [3.05, 3.63) is 12.7 Å². The van der Waals surface area contributed by atoms with Crippen LogP contribution < -0.4 is 11.1 Å². The van der Waals surface area contributed by atoms with Crippen LogP contribution in [-0.4, -0.2) is 78.9 Å². The molecular weight excluding hydrogens is 387 g/mol. The van der Waals surface area contributed by atoms with Gasteiger partial charge in [-0.3, -0.25) is 14.2 Å². The third-order valence-corrected chi connectivity index (χ3v) is 4.97. The van der Waals surface area contributed by atoms with Gasteiger partial charge in [-0.25, -0.2) is 15.0 Å². The summed E-state index contributed by atoms with van der Waals surface area (Å²) >= 11 is 0. The van der Waals surface area contributed by atoms with Crippen LogP contribution in [0.3, 0.4) is 0 Å². The number of aliphatic hydroxyl groups is 1. The molecule has 2 aliphatic rings. The Morgan fingerprint density at radius 3 is 2.75 bits per heavy atom. The Balaban J connectivity index is 1.84. The number of hydrogen-bond donors (Lipinski definition) is 3. The lowest BCUT2D eigenvalue weighted by Gasteiger charge is -2.36. The first-order valence-electron chi connectivity index (χ1n) is 8.00. The maximum atomic E-state index is 13.1. The lowest BCUT2D eigenvalue weighted by atomic mass is 9.98. The largest absolute Gasteiger partial charge is 0.471 e. The summed E-state index contributed by atoms with van der Waals surface area (Å²) in [6.07, 6.45) is -5.96. The average molecular weight is 401 g/mol. The highest BCUT2D eigenvalue weighted by Crippen LogP contribution is 2.48. The lowest BCUT2D eigenvalue weighted by molar-refractivity contribution is -0.200. The molecule has 2 unspecified atom stereocenters. The fourth-order valence-corrected chi connectivity index (χ4v) is 3.72. The molecule has 4 heterocycles. The molecule has 28 heavy (non-hydrogen) atoms. The number of aliphatic hydroxyl groups excluding tert-OH is 1. The molecule has 2 aliphatic heterocycles. The summed E-state index contributed by atoms with van der Waals surface area (Å²) in [6, 6.07) is -1.50. The van der Waals surface area contributed by atoms with Crippen LogP contribution in [0.15, 0.2) is 12.7 Å². The highest BCUT2D eigenvalue weighted by atomic mass is 19.4. The van der Waals surface area contributed by atoms with Gasteiger partial charge in [-0.2, -0.15) is 13.2 Å². The number of carbonyl (C=O) groups is 2. The van der Waals surface area contributed by atoms with Crippen molar-refractivity contribution >= 4 is 28.8 Å². The number of hydrogen-bond acceptors (Lipinski definition) is 8. The minimum atomic E-state index is -5.19. The van der Waals surface area contributed by atoms with Crippen molar-refractivity contribution in [2.45, 2.75) is 30.2 Å². The van der Waals surface area contributed by atoms with Gasteiger partial charge in [-0.1, -0.05) is 0 Å². The first kappa shape index (κ1) is 18.4. The Morgan fingerprint density at radius 2 is 2.11 bits per heavy atom. The van der Waals surface area contributed by atoms with E-state index in [1.165, 1.54) is 17.9 Å². The smallest absolute Gasteiger partial charge is 0.387 e. The molecule has 0 spiro atoms. The molecule has 0 radical (unpaired) electrons. The fraction of sp³-hybridized carbons (Fsp3) is 0.500. The van der Waals surface area contributed by atoms with Crippen LogP contribution in [0, 0.1) is 0 Å². The number of carbonyl (C=O) groups excluding carboxylic acids is 2. The molecule has 2 aromatic rings. The molecule has 4 N–H and O–H groups in total. The Labute approximate surface area is 154 Å². The average Bonchev–Trinajstić information content (AvgIpc) is 3.29. The molecule has 14 heteroatoms. The second-order valence-electron chi connectivity index (χ2n) is 6.43. The number of likely N-dealkylation sites (tertiary alicyclic amines) is 1. The van der Waals surface area contributed by atoms with E-state index in [0.717, 1.165) is 6.33 Å². The zero-order valence-corrected chi connectivity index (χ0v) is 14.2. The van der Waals surface area contributed by atoms with E-state index >= 15 is 0 Å². The number of alkyl halides is 3. The first-order valence-corrected chi connectivity index (χ1v) is 8.00. The zero-order valence-electron chi connectivity index (χ0n) is 14.2. The second-order valence-corrected chi connectivity index (χ2v) is 6.43. The zero-order chi connectivity index (χ0) is 20.4. The highest BCUT2D eigenvalue weighted by Gasteiger charge is 2.70. The number of morpholine rings is 1. The van der Waals surface area contributed by atoms with Crippen molar-refractivity contribution < 1.29 is 32.6 Å². The maximum absolute atomic E-state index is 13.1. The first-order chi connectivity index (χ1) is 13.1. The van der Waals surface area contributed by atoms with E-state index < -0.39 is 48.5 Å². The molecule has 4 atom stereocenters. The third kappa shape index (κ3) is 2.27. The number of anilines is 1. The number of aromatic nitrogens is 4. The van der Waals surface area contributed by atoms with Gasteiger partial charge in [0.1, 0.15) is 24.0 Å². The van der Waals surface area contributed by atoms with E-state index in [9.17, 15) is 27.9 Å². The Morgan fingerprint density at radius 1 is 1.39 bits per heavy atom. The van der Waals surface area contributed by atoms with Crippen molar-refractivity contribution in [1.29, 1.82) is 0 Å². The fourth-order valence-electron chi connectivity index (χ4n) is 3.72. The standard InChI is InChI=1S/C14H14F3N7O4/c1-19-11(26)13-2-23(12(27)14(15,16)17)6(7(13)25)10(28-13)24-4-22-5-8(18)20-3-21-9(5)24/h3-4,6-7,10,25H,2H2,1H3,(H,19,26)(H2,18,20,21)/t6?,7?,10-,13-/m1/s1. The summed E-state index contributed by atoms with van der Waals surface area (Å²) in [5.74, 6) is -3.02. The van der Waals surface area contributed by atoms with Crippen LogP contribution in [0.2, 0.25) is 0 Å². The van der Waals surface area contributed by atoms with Gasteiger partial charge in [0.15, 0.2) is 23.3 Å². The third-order valence-electron chi connectivity index (χ3n) is 4.97. The van der Waals surface area contributed by atoms with Crippen molar-refractivity contribution in [3.8, 4) is 0 Å². The predicted octanol–water partition coefficient (Wildman–Crippen LogP) is -1.44. The molecule has 0 aliphatic carbocycles. The number of halogens is 3. The van der Waals surface area contributed by atoms with Gasteiger partial charge in [-0.05, 0) is 0 Å². The van der Waals surface area contributed by atoms with E-state index in [4.69, 9.17) is 10.5 Å². The normalized spacial score (nSPS) is 29.5. The van der Waals surface area contributed by atoms with Gasteiger partial charge in [0, 0.05) is 7.05 Å². The topological polar surface area (TPSA) is 148 Å². The maximum Gasteiger partial charge on any atom is 0.471 e. The minimum absolute atomic E-state index is 0.0247. The SMILES string of the molecule is CNC(=O)[C@@]12CN(C(=O)C(F)(F)F)C(C1O)[C@H](n1cnc3c(N)ncnc31)O2. The molecule has 4 rings (SSSR count). The van der Waals surface area contributed by atoms with E-state index in [1.807, 2.05) is 0 Å². The number of nitrogens with one attached hydrogen (secondary N) is 1. The van der Waals surface area contributed by atoms with Crippen LogP contribution in [0.1, 0.15) is 6.23 Å². The molecule has 2 saturated heterocycles. The summed E-state index contributed by atoms with van der Waals surface area (Å²) in [5.41, 5.74) is 3.91.